The molecule has 0 radical (unpaired) electrons. The van der Waals surface area contributed by atoms with Gasteiger partial charge in [-0.25, -0.2) is 0 Å². The Morgan fingerprint density at radius 1 is 1.12 bits per heavy atom. The van der Waals surface area contributed by atoms with E-state index in [1.165, 1.54) is 5.56 Å². The quantitative estimate of drug-likeness (QED) is 0.819. The van der Waals surface area contributed by atoms with Crippen molar-refractivity contribution in [1.82, 2.24) is 5.32 Å². The maximum absolute atomic E-state index is 9.45. The van der Waals surface area contributed by atoms with Crippen molar-refractivity contribution in [2.75, 3.05) is 0 Å². The molecule has 2 nitrogen and oxygen atoms in total. The Balaban J connectivity index is 1.86. The van der Waals surface area contributed by atoms with E-state index in [1.807, 2.05) is 6.07 Å². The van der Waals surface area contributed by atoms with Gasteiger partial charge < -0.3 is 10.4 Å². The highest BCUT2D eigenvalue weighted by molar-refractivity contribution is 5.18. The van der Waals surface area contributed by atoms with E-state index in [0.29, 0.717) is 12.1 Å². The van der Waals surface area contributed by atoms with E-state index in [0.717, 1.165) is 25.7 Å². The fourth-order valence-electron chi connectivity index (χ4n) is 2.43. The smallest absolute Gasteiger partial charge is 0.0541 e. The van der Waals surface area contributed by atoms with E-state index in [1.54, 1.807) is 0 Å². The molecule has 1 saturated carbocycles. The average molecular weight is 219 g/mol. The highest BCUT2D eigenvalue weighted by atomic mass is 16.3. The normalized spacial score (nSPS) is 27.6. The van der Waals surface area contributed by atoms with Crippen LogP contribution in [0.1, 0.15) is 44.2 Å². The molecule has 0 spiro atoms. The fraction of sp³-hybridized carbons (Fsp3) is 0.571. The Labute approximate surface area is 97.7 Å². The van der Waals surface area contributed by atoms with Crippen LogP contribution in [0.2, 0.25) is 0 Å². The zero-order valence-electron chi connectivity index (χ0n) is 9.89. The van der Waals surface area contributed by atoms with Crippen LogP contribution in [0.4, 0.5) is 0 Å². The molecular formula is C14H21NO. The number of benzene rings is 1. The van der Waals surface area contributed by atoms with Gasteiger partial charge in [-0.05, 0) is 38.2 Å². The van der Waals surface area contributed by atoms with Gasteiger partial charge in [0.25, 0.3) is 0 Å². The van der Waals surface area contributed by atoms with Crippen molar-refractivity contribution in [3.8, 4) is 0 Å². The standard InChI is InChI=1S/C14H21NO/c1-11(12-5-3-2-4-6-12)15-13-7-9-14(16)10-8-13/h2-6,11,13-16H,7-10H2,1H3/t11?,13-,14-. The van der Waals surface area contributed by atoms with Gasteiger partial charge in [0.1, 0.15) is 0 Å². The first kappa shape index (κ1) is 11.6. The summed E-state index contributed by atoms with van der Waals surface area (Å²) in [5.74, 6) is 0. The van der Waals surface area contributed by atoms with Crippen molar-refractivity contribution in [3.05, 3.63) is 35.9 Å². The number of hydrogen-bond acceptors (Lipinski definition) is 2. The third-order valence-electron chi connectivity index (χ3n) is 3.48. The van der Waals surface area contributed by atoms with Crippen molar-refractivity contribution >= 4 is 0 Å². The van der Waals surface area contributed by atoms with Gasteiger partial charge in [-0.1, -0.05) is 30.3 Å². The molecule has 1 aliphatic rings. The second-order valence-electron chi connectivity index (χ2n) is 4.80. The Kier molecular flexibility index (Phi) is 3.97. The molecule has 0 amide bonds. The van der Waals surface area contributed by atoms with Crippen LogP contribution in [0.5, 0.6) is 0 Å². The maximum Gasteiger partial charge on any atom is 0.0541 e. The van der Waals surface area contributed by atoms with Crippen molar-refractivity contribution in [2.24, 2.45) is 0 Å². The second kappa shape index (κ2) is 5.46. The van der Waals surface area contributed by atoms with Gasteiger partial charge in [-0.3, -0.25) is 0 Å². The monoisotopic (exact) mass is 219 g/mol. The Morgan fingerprint density at radius 2 is 1.75 bits per heavy atom. The van der Waals surface area contributed by atoms with Gasteiger partial charge in [-0.15, -0.1) is 0 Å². The fourth-order valence-corrected chi connectivity index (χ4v) is 2.43. The molecule has 2 heteroatoms. The summed E-state index contributed by atoms with van der Waals surface area (Å²) in [6, 6.07) is 11.5. The van der Waals surface area contributed by atoms with Gasteiger partial charge in [0.05, 0.1) is 6.10 Å². The minimum Gasteiger partial charge on any atom is -0.393 e. The van der Waals surface area contributed by atoms with Gasteiger partial charge in [-0.2, -0.15) is 0 Å². The molecule has 1 fully saturated rings. The van der Waals surface area contributed by atoms with E-state index in [-0.39, 0.29) is 6.10 Å². The van der Waals surface area contributed by atoms with Crippen LogP contribution in [-0.2, 0) is 0 Å². The Bertz CT molecular complexity index is 304. The highest BCUT2D eigenvalue weighted by Crippen LogP contribution is 2.21. The lowest BCUT2D eigenvalue weighted by atomic mass is 9.92. The zero-order valence-corrected chi connectivity index (χ0v) is 9.89. The molecule has 1 unspecified atom stereocenters. The van der Waals surface area contributed by atoms with Crippen molar-refractivity contribution in [2.45, 2.75) is 50.8 Å². The van der Waals surface area contributed by atoms with Crippen LogP contribution in [-0.4, -0.2) is 17.3 Å². The molecule has 1 aliphatic carbocycles. The summed E-state index contributed by atoms with van der Waals surface area (Å²) in [6.45, 7) is 2.21. The van der Waals surface area contributed by atoms with Crippen LogP contribution in [0.3, 0.4) is 0 Å². The van der Waals surface area contributed by atoms with Crippen LogP contribution < -0.4 is 5.32 Å². The molecule has 16 heavy (non-hydrogen) atoms. The summed E-state index contributed by atoms with van der Waals surface area (Å²) in [4.78, 5) is 0. The Hall–Kier alpha value is -0.860. The summed E-state index contributed by atoms with van der Waals surface area (Å²) in [6.07, 6.45) is 4.01. The third kappa shape index (κ3) is 3.06. The summed E-state index contributed by atoms with van der Waals surface area (Å²) >= 11 is 0. The molecule has 88 valence electrons. The molecule has 1 atom stereocenters. The first-order chi connectivity index (χ1) is 7.75. The summed E-state index contributed by atoms with van der Waals surface area (Å²) in [7, 11) is 0. The SMILES string of the molecule is CC(N[C@H]1CC[C@H](O)CC1)c1ccccc1. The summed E-state index contributed by atoms with van der Waals surface area (Å²) in [5, 5.41) is 13.1. The predicted molar refractivity (Wildman–Crippen MR) is 66.3 cm³/mol. The summed E-state index contributed by atoms with van der Waals surface area (Å²) < 4.78 is 0. The zero-order chi connectivity index (χ0) is 11.4. The van der Waals surface area contributed by atoms with E-state index >= 15 is 0 Å². The molecule has 0 aliphatic heterocycles. The number of hydrogen-bond donors (Lipinski definition) is 2. The van der Waals surface area contributed by atoms with Gasteiger partial charge in [0, 0.05) is 12.1 Å². The number of nitrogens with one attached hydrogen (secondary N) is 1. The largest absolute Gasteiger partial charge is 0.393 e. The van der Waals surface area contributed by atoms with Gasteiger partial charge >= 0.3 is 0 Å². The van der Waals surface area contributed by atoms with Crippen molar-refractivity contribution in [1.29, 1.82) is 0 Å². The minimum absolute atomic E-state index is 0.0647. The van der Waals surface area contributed by atoms with Crippen LogP contribution in [0.15, 0.2) is 30.3 Å². The molecule has 0 saturated heterocycles. The Morgan fingerprint density at radius 3 is 2.38 bits per heavy atom. The van der Waals surface area contributed by atoms with E-state index in [2.05, 4.69) is 36.5 Å². The number of rotatable bonds is 3. The topological polar surface area (TPSA) is 32.3 Å². The second-order valence-corrected chi connectivity index (χ2v) is 4.80. The highest BCUT2D eigenvalue weighted by Gasteiger charge is 2.20. The number of aliphatic hydroxyl groups excluding tert-OH is 1. The molecule has 0 bridgehead atoms. The molecule has 2 N–H and O–H groups in total. The van der Waals surface area contributed by atoms with Crippen LogP contribution in [0.25, 0.3) is 0 Å². The molecule has 2 rings (SSSR count). The van der Waals surface area contributed by atoms with Gasteiger partial charge in [0.2, 0.25) is 0 Å². The first-order valence-electron chi connectivity index (χ1n) is 6.25. The molecular weight excluding hydrogens is 198 g/mol. The van der Waals surface area contributed by atoms with Crippen LogP contribution in [0, 0.1) is 0 Å². The van der Waals surface area contributed by atoms with E-state index < -0.39 is 0 Å². The van der Waals surface area contributed by atoms with E-state index in [9.17, 15) is 5.11 Å². The lowest BCUT2D eigenvalue weighted by Crippen LogP contribution is -2.36. The molecule has 1 aromatic rings. The lowest BCUT2D eigenvalue weighted by Gasteiger charge is -2.29. The predicted octanol–water partition coefficient (Wildman–Crippen LogP) is 2.64. The molecule has 0 aromatic heterocycles. The lowest BCUT2D eigenvalue weighted by molar-refractivity contribution is 0.114. The summed E-state index contributed by atoms with van der Waals surface area (Å²) in [5.41, 5.74) is 1.34. The van der Waals surface area contributed by atoms with E-state index in [4.69, 9.17) is 0 Å². The third-order valence-corrected chi connectivity index (χ3v) is 3.48. The van der Waals surface area contributed by atoms with Crippen molar-refractivity contribution < 1.29 is 5.11 Å². The van der Waals surface area contributed by atoms with Gasteiger partial charge in [0.15, 0.2) is 0 Å². The molecule has 1 aromatic carbocycles. The minimum atomic E-state index is -0.0647. The maximum atomic E-state index is 9.45. The first-order valence-corrected chi connectivity index (χ1v) is 6.25. The van der Waals surface area contributed by atoms with Crippen LogP contribution >= 0.6 is 0 Å². The average Bonchev–Trinajstić information content (AvgIpc) is 2.33. The molecule has 0 heterocycles. The number of aliphatic hydroxyl groups is 1. The van der Waals surface area contributed by atoms with Crippen molar-refractivity contribution in [3.63, 3.8) is 0 Å².